The Morgan fingerprint density at radius 2 is 1.89 bits per heavy atom. The van der Waals surface area contributed by atoms with Gasteiger partial charge in [0.05, 0.1) is 12.5 Å². The average Bonchev–Trinajstić information content (AvgIpc) is 2.71. The Balaban J connectivity index is 1.81. The molecule has 4 rings (SSSR count). The number of hydrogen-bond acceptors (Lipinski definition) is 3. The van der Waals surface area contributed by atoms with Gasteiger partial charge >= 0.3 is 5.97 Å². The lowest BCUT2D eigenvalue weighted by molar-refractivity contribution is -0.644. The largest absolute Gasteiger partial charge is 0.468 e. The highest BCUT2D eigenvalue weighted by Gasteiger charge is 2.19. The summed E-state index contributed by atoms with van der Waals surface area (Å²) < 4.78 is 6.94. The Labute approximate surface area is 158 Å². The summed E-state index contributed by atoms with van der Waals surface area (Å²) in [6, 6.07) is 18.6. The van der Waals surface area contributed by atoms with Crippen LogP contribution in [0.2, 0.25) is 0 Å². The van der Waals surface area contributed by atoms with Gasteiger partial charge in [0.1, 0.15) is 13.6 Å². The van der Waals surface area contributed by atoms with E-state index < -0.39 is 0 Å². The van der Waals surface area contributed by atoms with Gasteiger partial charge in [0.25, 0.3) is 0 Å². The number of para-hydroxylation sites is 2. The van der Waals surface area contributed by atoms with Gasteiger partial charge in [0.15, 0.2) is 6.20 Å². The van der Waals surface area contributed by atoms with Gasteiger partial charge in [-0.1, -0.05) is 30.3 Å². The van der Waals surface area contributed by atoms with Crippen molar-refractivity contribution in [2.75, 3.05) is 18.6 Å². The van der Waals surface area contributed by atoms with Crippen molar-refractivity contribution >= 4 is 34.2 Å². The molecule has 0 saturated carbocycles. The number of benzene rings is 2. The fourth-order valence-corrected chi connectivity index (χ4v) is 3.46. The highest BCUT2D eigenvalue weighted by molar-refractivity contribution is 5.99. The first-order chi connectivity index (χ1) is 13.2. The zero-order valence-corrected chi connectivity index (χ0v) is 15.4. The van der Waals surface area contributed by atoms with Crippen LogP contribution in [0.5, 0.6) is 0 Å². The first-order valence-corrected chi connectivity index (χ1v) is 8.87. The number of pyridine rings is 1. The third-order valence-electron chi connectivity index (χ3n) is 4.87. The van der Waals surface area contributed by atoms with E-state index >= 15 is 0 Å². The summed E-state index contributed by atoms with van der Waals surface area (Å²) in [4.78, 5) is 13.6. The molecule has 4 nitrogen and oxygen atoms in total. The summed E-state index contributed by atoms with van der Waals surface area (Å²) in [6.45, 7) is 0.196. The third-order valence-corrected chi connectivity index (χ3v) is 4.87. The Morgan fingerprint density at radius 3 is 2.74 bits per heavy atom. The topological polar surface area (TPSA) is 33.4 Å². The summed E-state index contributed by atoms with van der Waals surface area (Å²) in [5.74, 6) is -0.261. The van der Waals surface area contributed by atoms with E-state index in [1.54, 1.807) is 0 Å². The Morgan fingerprint density at radius 1 is 1.11 bits per heavy atom. The number of aromatic nitrogens is 1. The van der Waals surface area contributed by atoms with Crippen LogP contribution in [-0.4, -0.2) is 19.6 Å². The predicted octanol–water partition coefficient (Wildman–Crippen LogP) is 3.71. The molecule has 0 saturated heterocycles. The van der Waals surface area contributed by atoms with E-state index in [0.29, 0.717) is 0 Å². The molecule has 1 aromatic heterocycles. The maximum absolute atomic E-state index is 11.7. The van der Waals surface area contributed by atoms with Crippen LogP contribution >= 0.6 is 0 Å². The van der Waals surface area contributed by atoms with Gasteiger partial charge in [-0.15, -0.1) is 0 Å². The summed E-state index contributed by atoms with van der Waals surface area (Å²) in [6.07, 6.45) is 8.27. The van der Waals surface area contributed by atoms with Gasteiger partial charge in [0, 0.05) is 29.6 Å². The lowest BCUT2D eigenvalue weighted by Crippen LogP contribution is -2.28. The molecule has 27 heavy (non-hydrogen) atoms. The Kier molecular flexibility index (Phi) is 4.47. The number of rotatable bonds is 3. The number of aryl methyl sites for hydroxylation is 1. The third kappa shape index (κ3) is 3.22. The van der Waals surface area contributed by atoms with Gasteiger partial charge in [-0.05, 0) is 35.4 Å². The van der Waals surface area contributed by atoms with Crippen molar-refractivity contribution in [3.05, 3.63) is 84.2 Å². The van der Waals surface area contributed by atoms with Gasteiger partial charge in [0.2, 0.25) is 5.52 Å². The quantitative estimate of drug-likeness (QED) is 0.529. The Hall–Kier alpha value is -3.40. The van der Waals surface area contributed by atoms with Crippen molar-refractivity contribution in [3.63, 3.8) is 0 Å². The van der Waals surface area contributed by atoms with E-state index in [9.17, 15) is 4.79 Å². The normalized spacial score (nSPS) is 14.4. The minimum Gasteiger partial charge on any atom is -0.468 e. The van der Waals surface area contributed by atoms with Crippen LogP contribution in [0.15, 0.2) is 73.1 Å². The number of allylic oxidation sites excluding steroid dienone is 2. The van der Waals surface area contributed by atoms with E-state index in [0.717, 1.165) is 16.8 Å². The summed E-state index contributed by atoms with van der Waals surface area (Å²) in [5, 5.41) is 1.21. The molecule has 2 aromatic carbocycles. The molecule has 0 aliphatic carbocycles. The SMILES string of the molecule is COC(=O)CN1C=C/C(=C\c2cc[n+](C)c3ccccc23)c2ccccc21. The zero-order valence-electron chi connectivity index (χ0n) is 15.4. The maximum Gasteiger partial charge on any atom is 0.325 e. The summed E-state index contributed by atoms with van der Waals surface area (Å²) in [7, 11) is 3.47. The molecule has 0 fully saturated rings. The highest BCUT2D eigenvalue weighted by Crippen LogP contribution is 2.34. The number of anilines is 1. The van der Waals surface area contributed by atoms with Crippen LogP contribution in [-0.2, 0) is 16.6 Å². The lowest BCUT2D eigenvalue weighted by atomic mass is 9.96. The van der Waals surface area contributed by atoms with Crippen molar-refractivity contribution < 1.29 is 14.1 Å². The highest BCUT2D eigenvalue weighted by atomic mass is 16.5. The number of hydrogen-bond donors (Lipinski definition) is 0. The Bertz CT molecular complexity index is 1080. The minimum absolute atomic E-state index is 0.196. The summed E-state index contributed by atoms with van der Waals surface area (Å²) >= 11 is 0. The first-order valence-electron chi connectivity index (χ1n) is 8.87. The number of methoxy groups -OCH3 is 1. The smallest absolute Gasteiger partial charge is 0.325 e. The molecule has 0 spiro atoms. The van der Waals surface area contributed by atoms with E-state index in [-0.39, 0.29) is 12.5 Å². The fraction of sp³-hybridized carbons (Fsp3) is 0.130. The second-order valence-electron chi connectivity index (χ2n) is 6.54. The van der Waals surface area contributed by atoms with Gasteiger partial charge in [-0.2, -0.15) is 0 Å². The van der Waals surface area contributed by atoms with Gasteiger partial charge in [-0.25, -0.2) is 4.57 Å². The molecule has 0 radical (unpaired) electrons. The van der Waals surface area contributed by atoms with Gasteiger partial charge < -0.3 is 9.64 Å². The van der Waals surface area contributed by atoms with E-state index in [1.165, 1.54) is 23.6 Å². The minimum atomic E-state index is -0.261. The standard InChI is InChI=1S/C23H21N2O2/c1-24-13-11-17(19-7-3-5-9-21(19)24)15-18-12-14-25(16-23(26)27-2)22-10-6-4-8-20(18)22/h3-15H,16H2,1-2H3/q+1. The molecule has 0 atom stereocenters. The second-order valence-corrected chi connectivity index (χ2v) is 6.54. The van der Waals surface area contributed by atoms with Crippen molar-refractivity contribution in [2.45, 2.75) is 0 Å². The number of fused-ring (bicyclic) bond motifs is 2. The molecule has 0 bridgehead atoms. The van der Waals surface area contributed by atoms with E-state index in [1.807, 2.05) is 35.4 Å². The molecule has 0 unspecified atom stereocenters. The molecule has 0 amide bonds. The van der Waals surface area contributed by atoms with Crippen LogP contribution in [0.25, 0.3) is 22.6 Å². The molecular formula is C23H21N2O2+. The molecular weight excluding hydrogens is 336 g/mol. The van der Waals surface area contributed by atoms with Crippen molar-refractivity contribution in [1.29, 1.82) is 0 Å². The second kappa shape index (κ2) is 7.08. The van der Waals surface area contributed by atoms with Crippen molar-refractivity contribution in [3.8, 4) is 0 Å². The van der Waals surface area contributed by atoms with Crippen LogP contribution in [0.3, 0.4) is 0 Å². The molecule has 1 aliphatic heterocycles. The number of carbonyl (C=O) groups excluding carboxylic acids is 1. The number of ether oxygens (including phenoxy) is 1. The van der Waals surface area contributed by atoms with Gasteiger partial charge in [-0.3, -0.25) is 4.79 Å². The average molecular weight is 357 g/mol. The van der Waals surface area contributed by atoms with Crippen molar-refractivity contribution in [2.24, 2.45) is 7.05 Å². The zero-order chi connectivity index (χ0) is 18.8. The molecule has 134 valence electrons. The number of nitrogens with zero attached hydrogens (tertiary/aromatic N) is 2. The lowest BCUT2D eigenvalue weighted by Gasteiger charge is -2.26. The fourth-order valence-electron chi connectivity index (χ4n) is 3.46. The molecule has 4 heteroatoms. The summed E-state index contributed by atoms with van der Waals surface area (Å²) in [5.41, 5.74) is 5.57. The monoisotopic (exact) mass is 357 g/mol. The van der Waals surface area contributed by atoms with Crippen LogP contribution in [0.1, 0.15) is 11.1 Å². The molecule has 2 heterocycles. The molecule has 3 aromatic rings. The van der Waals surface area contributed by atoms with Crippen LogP contribution < -0.4 is 9.47 Å². The van der Waals surface area contributed by atoms with Crippen molar-refractivity contribution in [1.82, 2.24) is 0 Å². The van der Waals surface area contributed by atoms with Crippen LogP contribution in [0, 0.1) is 0 Å². The predicted molar refractivity (Wildman–Crippen MR) is 108 cm³/mol. The number of carbonyl (C=O) groups is 1. The van der Waals surface area contributed by atoms with E-state index in [2.05, 4.69) is 60.3 Å². The van der Waals surface area contributed by atoms with E-state index in [4.69, 9.17) is 4.74 Å². The first kappa shape index (κ1) is 17.0. The maximum atomic E-state index is 11.7. The van der Waals surface area contributed by atoms with Crippen LogP contribution in [0.4, 0.5) is 5.69 Å². The molecule has 0 N–H and O–H groups in total. The molecule has 1 aliphatic rings. The number of esters is 1.